The summed E-state index contributed by atoms with van der Waals surface area (Å²) in [5, 5.41) is 4.51. The summed E-state index contributed by atoms with van der Waals surface area (Å²) >= 11 is 11.9. The minimum Gasteiger partial charge on any atom is -0.310 e. The Morgan fingerprint density at radius 2 is 2.17 bits per heavy atom. The maximum Gasteiger partial charge on any atom is 0.147 e. The van der Waals surface area contributed by atoms with Gasteiger partial charge in [0.2, 0.25) is 0 Å². The molecule has 0 saturated carbocycles. The first-order chi connectivity index (χ1) is 8.74. The quantitative estimate of drug-likeness (QED) is 0.790. The van der Waals surface area contributed by atoms with Crippen molar-refractivity contribution in [3.8, 4) is 0 Å². The fraction of sp³-hybridized carbons (Fsp3) is 0.500. The number of fused-ring (bicyclic) bond motifs is 1. The molecule has 1 aromatic rings. The second-order valence-corrected chi connectivity index (χ2v) is 5.87. The molecule has 1 aliphatic carbocycles. The fourth-order valence-corrected chi connectivity index (χ4v) is 3.25. The van der Waals surface area contributed by atoms with Crippen molar-refractivity contribution in [1.82, 2.24) is 10.3 Å². The van der Waals surface area contributed by atoms with Crippen molar-refractivity contribution in [1.29, 1.82) is 0 Å². The average molecular weight is 283 g/mol. The molecule has 0 amide bonds. The van der Waals surface area contributed by atoms with Crippen LogP contribution < -0.4 is 5.32 Å². The van der Waals surface area contributed by atoms with Crippen molar-refractivity contribution in [2.45, 2.75) is 31.7 Å². The molecule has 2 aliphatic rings. The number of pyridine rings is 1. The summed E-state index contributed by atoms with van der Waals surface area (Å²) in [6, 6.07) is 2.45. The molecule has 0 aromatic carbocycles. The van der Waals surface area contributed by atoms with E-state index in [0.29, 0.717) is 16.2 Å². The molecule has 96 valence electrons. The summed E-state index contributed by atoms with van der Waals surface area (Å²) in [6.07, 6.45) is 9.20. The van der Waals surface area contributed by atoms with Crippen molar-refractivity contribution < 1.29 is 0 Å². The third-order valence-corrected chi connectivity index (χ3v) is 4.66. The van der Waals surface area contributed by atoms with Crippen LogP contribution in [-0.4, -0.2) is 17.6 Å². The molecule has 1 aliphatic heterocycles. The molecule has 1 N–H and O–H groups in total. The highest BCUT2D eigenvalue weighted by Crippen LogP contribution is 2.35. The third kappa shape index (κ3) is 2.42. The Morgan fingerprint density at radius 1 is 1.28 bits per heavy atom. The van der Waals surface area contributed by atoms with E-state index in [4.69, 9.17) is 23.2 Å². The lowest BCUT2D eigenvalue weighted by atomic mass is 9.79. The number of nitrogens with zero attached hydrogens (tertiary/aromatic N) is 1. The van der Waals surface area contributed by atoms with Crippen LogP contribution in [0.1, 0.15) is 31.2 Å². The number of piperidine rings is 1. The molecule has 18 heavy (non-hydrogen) atoms. The van der Waals surface area contributed by atoms with Crippen LogP contribution in [0.3, 0.4) is 0 Å². The van der Waals surface area contributed by atoms with E-state index in [1.165, 1.54) is 24.8 Å². The van der Waals surface area contributed by atoms with E-state index in [1.54, 1.807) is 0 Å². The fourth-order valence-electron chi connectivity index (χ4n) is 2.98. The van der Waals surface area contributed by atoms with E-state index in [-0.39, 0.29) is 0 Å². The maximum atomic E-state index is 6.03. The van der Waals surface area contributed by atoms with Crippen LogP contribution in [-0.2, 0) is 0 Å². The molecule has 1 saturated heterocycles. The lowest BCUT2D eigenvalue weighted by Crippen LogP contribution is -2.41. The number of hydrogen-bond donors (Lipinski definition) is 1. The van der Waals surface area contributed by atoms with Crippen LogP contribution in [0.15, 0.2) is 18.3 Å². The van der Waals surface area contributed by atoms with Crippen molar-refractivity contribution in [3.63, 3.8) is 0 Å². The molecule has 0 unspecified atom stereocenters. The second kappa shape index (κ2) is 5.20. The number of halogens is 2. The summed E-state index contributed by atoms with van der Waals surface area (Å²) < 4.78 is 0. The summed E-state index contributed by atoms with van der Waals surface area (Å²) in [5.41, 5.74) is 2.45. The molecular formula is C14H16Cl2N2. The van der Waals surface area contributed by atoms with E-state index >= 15 is 0 Å². The summed E-state index contributed by atoms with van der Waals surface area (Å²) in [7, 11) is 0. The first-order valence-corrected chi connectivity index (χ1v) is 7.25. The number of rotatable bonds is 1. The Hall–Kier alpha value is -0.570. The first-order valence-electron chi connectivity index (χ1n) is 6.49. The first kappa shape index (κ1) is 12.5. The highest BCUT2D eigenvalue weighted by molar-refractivity contribution is 6.41. The van der Waals surface area contributed by atoms with Crippen LogP contribution >= 0.6 is 23.2 Å². The van der Waals surface area contributed by atoms with E-state index in [1.807, 2.05) is 12.3 Å². The van der Waals surface area contributed by atoms with Gasteiger partial charge in [-0.05, 0) is 55.3 Å². The van der Waals surface area contributed by atoms with Gasteiger partial charge < -0.3 is 5.32 Å². The Kier molecular flexibility index (Phi) is 3.60. The van der Waals surface area contributed by atoms with Gasteiger partial charge >= 0.3 is 0 Å². The molecule has 0 bridgehead atoms. The van der Waals surface area contributed by atoms with Gasteiger partial charge in [-0.1, -0.05) is 29.3 Å². The molecule has 2 nitrogen and oxygen atoms in total. The Labute approximate surface area is 117 Å². The molecular weight excluding hydrogens is 267 g/mol. The van der Waals surface area contributed by atoms with Crippen molar-refractivity contribution in [3.05, 3.63) is 34.1 Å². The van der Waals surface area contributed by atoms with Gasteiger partial charge in [0.1, 0.15) is 5.15 Å². The summed E-state index contributed by atoms with van der Waals surface area (Å²) in [5.74, 6) is 0.804. The van der Waals surface area contributed by atoms with Gasteiger partial charge in [-0.15, -0.1) is 0 Å². The predicted molar refractivity (Wildman–Crippen MR) is 76.0 cm³/mol. The second-order valence-electron chi connectivity index (χ2n) is 5.11. The lowest BCUT2D eigenvalue weighted by molar-refractivity contribution is 0.298. The van der Waals surface area contributed by atoms with Gasteiger partial charge in [-0.25, -0.2) is 4.98 Å². The van der Waals surface area contributed by atoms with Crippen molar-refractivity contribution in [2.24, 2.45) is 5.92 Å². The number of hydrogen-bond acceptors (Lipinski definition) is 2. The molecule has 2 heterocycles. The van der Waals surface area contributed by atoms with Crippen molar-refractivity contribution in [2.75, 3.05) is 6.54 Å². The molecule has 1 fully saturated rings. The van der Waals surface area contributed by atoms with E-state index in [2.05, 4.69) is 16.4 Å². The molecule has 0 spiro atoms. The lowest BCUT2D eigenvalue weighted by Gasteiger charge is -2.35. The predicted octanol–water partition coefficient (Wildman–Crippen LogP) is 3.93. The van der Waals surface area contributed by atoms with Gasteiger partial charge in [-0.3, -0.25) is 0 Å². The van der Waals surface area contributed by atoms with Gasteiger partial charge in [0, 0.05) is 12.2 Å². The van der Waals surface area contributed by atoms with Crippen LogP contribution in [0.25, 0.3) is 5.57 Å². The Morgan fingerprint density at radius 3 is 3.00 bits per heavy atom. The van der Waals surface area contributed by atoms with Crippen LogP contribution in [0.5, 0.6) is 0 Å². The average Bonchev–Trinajstić information content (AvgIpc) is 2.41. The summed E-state index contributed by atoms with van der Waals surface area (Å²) in [6.45, 7) is 1.13. The Balaban J connectivity index is 1.87. The molecule has 3 rings (SSSR count). The van der Waals surface area contributed by atoms with Gasteiger partial charge in [-0.2, -0.15) is 0 Å². The molecule has 1 aromatic heterocycles. The Bertz CT molecular complexity index is 485. The molecule has 2 atom stereocenters. The molecule has 0 radical (unpaired) electrons. The van der Waals surface area contributed by atoms with Crippen LogP contribution in [0, 0.1) is 5.92 Å². The summed E-state index contributed by atoms with van der Waals surface area (Å²) in [4.78, 5) is 4.13. The zero-order valence-corrected chi connectivity index (χ0v) is 11.6. The van der Waals surface area contributed by atoms with Gasteiger partial charge in [0.15, 0.2) is 0 Å². The maximum absolute atomic E-state index is 6.03. The van der Waals surface area contributed by atoms with Crippen molar-refractivity contribution >= 4 is 28.8 Å². The normalized spacial score (nSPS) is 27.6. The van der Waals surface area contributed by atoms with Crippen LogP contribution in [0.4, 0.5) is 0 Å². The van der Waals surface area contributed by atoms with Gasteiger partial charge in [0.05, 0.1) is 5.02 Å². The zero-order valence-electron chi connectivity index (χ0n) is 10.1. The molecule has 4 heteroatoms. The third-order valence-electron chi connectivity index (χ3n) is 3.97. The number of nitrogens with one attached hydrogen (secondary N) is 1. The minimum atomic E-state index is 0.380. The number of allylic oxidation sites excluding steroid dienone is 1. The largest absolute Gasteiger partial charge is 0.310 e. The van der Waals surface area contributed by atoms with Gasteiger partial charge in [0.25, 0.3) is 0 Å². The smallest absolute Gasteiger partial charge is 0.147 e. The zero-order chi connectivity index (χ0) is 12.5. The van der Waals surface area contributed by atoms with E-state index < -0.39 is 0 Å². The monoisotopic (exact) mass is 282 g/mol. The highest BCUT2D eigenvalue weighted by Gasteiger charge is 2.27. The standard InChI is InChI=1S/C14H16Cl2N2/c15-12-6-11(8-18-14(12)16)10-4-3-9-2-1-5-17-13(9)7-10/h6-9,13,17H,1-5H2/t9-,13+/m0/s1. The minimum absolute atomic E-state index is 0.380. The highest BCUT2D eigenvalue weighted by atomic mass is 35.5. The number of aromatic nitrogens is 1. The SMILES string of the molecule is Clc1cc(C2=C[C@H]3NCCC[C@H]3CC2)cnc1Cl. The van der Waals surface area contributed by atoms with E-state index in [9.17, 15) is 0 Å². The van der Waals surface area contributed by atoms with Crippen LogP contribution in [0.2, 0.25) is 10.2 Å². The topological polar surface area (TPSA) is 24.9 Å². The van der Waals surface area contributed by atoms with E-state index in [0.717, 1.165) is 24.4 Å².